The number of ether oxygens (including phenoxy) is 1. The second kappa shape index (κ2) is 5.86. The van der Waals surface area contributed by atoms with Gasteiger partial charge >= 0.3 is 0 Å². The van der Waals surface area contributed by atoms with Crippen molar-refractivity contribution in [2.75, 3.05) is 19.7 Å². The van der Waals surface area contributed by atoms with Crippen LogP contribution in [0.15, 0.2) is 28.4 Å². The number of aryl methyl sites for hydroxylation is 1. The van der Waals surface area contributed by atoms with Gasteiger partial charge in [0.15, 0.2) is 0 Å². The number of thiophene rings is 1. The van der Waals surface area contributed by atoms with Crippen LogP contribution in [0.2, 0.25) is 0 Å². The number of amides is 1. The highest BCUT2D eigenvalue weighted by atomic mass is 32.1. The zero-order valence-corrected chi connectivity index (χ0v) is 14.4. The second-order valence-electron chi connectivity index (χ2n) is 6.56. The van der Waals surface area contributed by atoms with Gasteiger partial charge in [-0.2, -0.15) is 0 Å². The zero-order valence-electron chi connectivity index (χ0n) is 13.6. The van der Waals surface area contributed by atoms with E-state index in [0.717, 1.165) is 25.9 Å². The molecule has 4 heterocycles. The standard InChI is InChI=1S/C18H20N2O3S/c1-12-10-13(11-16(21)19-12)17(22)20-6-4-18(5-7-20)14-3-9-24-15(14)2-8-23-18/h3,9-11H,2,4-8H2,1H3,(H,19,21). The highest BCUT2D eigenvalue weighted by Gasteiger charge is 2.42. The summed E-state index contributed by atoms with van der Waals surface area (Å²) in [4.78, 5) is 30.2. The number of pyridine rings is 1. The first-order valence-electron chi connectivity index (χ1n) is 8.28. The minimum atomic E-state index is -0.231. The lowest BCUT2D eigenvalue weighted by Crippen LogP contribution is -2.48. The molecule has 4 rings (SSSR count). The summed E-state index contributed by atoms with van der Waals surface area (Å²) in [5, 5.41) is 2.14. The number of hydrogen-bond donors (Lipinski definition) is 1. The number of likely N-dealkylation sites (tertiary alicyclic amines) is 1. The summed E-state index contributed by atoms with van der Waals surface area (Å²) in [6.07, 6.45) is 2.61. The number of H-pyrrole nitrogens is 1. The number of aromatic nitrogens is 1. The van der Waals surface area contributed by atoms with Crippen LogP contribution in [0.25, 0.3) is 0 Å². The molecule has 0 radical (unpaired) electrons. The minimum Gasteiger partial charge on any atom is -0.370 e. The molecule has 0 aliphatic carbocycles. The molecule has 0 bridgehead atoms. The first-order valence-corrected chi connectivity index (χ1v) is 9.16. The van der Waals surface area contributed by atoms with Crippen molar-refractivity contribution in [2.45, 2.75) is 31.8 Å². The highest BCUT2D eigenvalue weighted by molar-refractivity contribution is 7.10. The predicted octanol–water partition coefficient (Wildman–Crippen LogP) is 2.45. The molecule has 2 aromatic heterocycles. The van der Waals surface area contributed by atoms with Gasteiger partial charge in [-0.1, -0.05) is 0 Å². The van der Waals surface area contributed by atoms with Crippen molar-refractivity contribution in [1.29, 1.82) is 0 Å². The van der Waals surface area contributed by atoms with Crippen LogP contribution in [0.3, 0.4) is 0 Å². The first-order chi connectivity index (χ1) is 11.6. The van der Waals surface area contributed by atoms with Gasteiger partial charge in [0, 0.05) is 41.7 Å². The van der Waals surface area contributed by atoms with Crippen LogP contribution in [0.1, 0.15) is 39.3 Å². The van der Waals surface area contributed by atoms with Gasteiger partial charge < -0.3 is 14.6 Å². The fraction of sp³-hybridized carbons (Fsp3) is 0.444. The molecule has 126 valence electrons. The van der Waals surface area contributed by atoms with Crippen molar-refractivity contribution in [3.05, 3.63) is 55.6 Å². The maximum absolute atomic E-state index is 12.7. The van der Waals surface area contributed by atoms with Crippen LogP contribution < -0.4 is 5.56 Å². The van der Waals surface area contributed by atoms with E-state index in [0.29, 0.717) is 24.3 Å². The molecular weight excluding hydrogens is 324 g/mol. The molecule has 0 aromatic carbocycles. The van der Waals surface area contributed by atoms with Gasteiger partial charge in [0.05, 0.1) is 12.2 Å². The largest absolute Gasteiger partial charge is 0.370 e. The summed E-state index contributed by atoms with van der Waals surface area (Å²) in [7, 11) is 0. The van der Waals surface area contributed by atoms with Crippen LogP contribution in [0.4, 0.5) is 0 Å². The number of nitrogens with one attached hydrogen (secondary N) is 1. The molecule has 0 unspecified atom stereocenters. The van der Waals surface area contributed by atoms with Crippen molar-refractivity contribution < 1.29 is 9.53 Å². The molecule has 2 aliphatic heterocycles. The average Bonchev–Trinajstić information content (AvgIpc) is 3.04. The summed E-state index contributed by atoms with van der Waals surface area (Å²) < 4.78 is 6.18. The molecule has 2 aliphatic rings. The molecule has 2 aromatic rings. The summed E-state index contributed by atoms with van der Waals surface area (Å²) >= 11 is 1.80. The van der Waals surface area contributed by atoms with Gasteiger partial charge in [0.1, 0.15) is 0 Å². The predicted molar refractivity (Wildman–Crippen MR) is 92.6 cm³/mol. The van der Waals surface area contributed by atoms with E-state index >= 15 is 0 Å². The molecule has 1 amide bonds. The van der Waals surface area contributed by atoms with E-state index in [-0.39, 0.29) is 17.1 Å². The van der Waals surface area contributed by atoms with Gasteiger partial charge in [-0.3, -0.25) is 9.59 Å². The van der Waals surface area contributed by atoms with Gasteiger partial charge in [0.2, 0.25) is 5.56 Å². The van der Waals surface area contributed by atoms with Crippen LogP contribution in [0, 0.1) is 6.92 Å². The van der Waals surface area contributed by atoms with Gasteiger partial charge in [-0.15, -0.1) is 11.3 Å². The summed E-state index contributed by atoms with van der Waals surface area (Å²) in [5.41, 5.74) is 2.03. The van der Waals surface area contributed by atoms with E-state index in [1.54, 1.807) is 24.3 Å². The van der Waals surface area contributed by atoms with Gasteiger partial charge in [0.25, 0.3) is 5.91 Å². The number of nitrogens with zero attached hydrogens (tertiary/aromatic N) is 1. The number of fused-ring (bicyclic) bond motifs is 2. The normalized spacial score (nSPS) is 19.3. The lowest BCUT2D eigenvalue weighted by Gasteiger charge is -2.44. The fourth-order valence-corrected chi connectivity index (χ4v) is 4.78. The smallest absolute Gasteiger partial charge is 0.254 e. The van der Waals surface area contributed by atoms with Crippen molar-refractivity contribution in [3.63, 3.8) is 0 Å². The van der Waals surface area contributed by atoms with E-state index in [4.69, 9.17) is 4.74 Å². The third-order valence-electron chi connectivity index (χ3n) is 5.03. The zero-order chi connectivity index (χ0) is 16.7. The van der Waals surface area contributed by atoms with E-state index in [1.807, 2.05) is 4.90 Å². The summed E-state index contributed by atoms with van der Waals surface area (Å²) in [6.45, 7) is 3.85. The minimum absolute atomic E-state index is 0.0691. The molecule has 1 saturated heterocycles. The van der Waals surface area contributed by atoms with E-state index in [9.17, 15) is 9.59 Å². The third-order valence-corrected chi connectivity index (χ3v) is 6.01. The quantitative estimate of drug-likeness (QED) is 0.864. The topological polar surface area (TPSA) is 62.4 Å². The van der Waals surface area contributed by atoms with Crippen molar-refractivity contribution in [3.8, 4) is 0 Å². The van der Waals surface area contributed by atoms with Crippen LogP contribution in [-0.2, 0) is 16.8 Å². The van der Waals surface area contributed by atoms with E-state index < -0.39 is 0 Å². The second-order valence-corrected chi connectivity index (χ2v) is 7.56. The Hall–Kier alpha value is -1.92. The summed E-state index contributed by atoms with van der Waals surface area (Å²) in [5.74, 6) is -0.0691. The molecule has 1 N–H and O–H groups in total. The van der Waals surface area contributed by atoms with Crippen LogP contribution in [-0.4, -0.2) is 35.5 Å². The van der Waals surface area contributed by atoms with Crippen molar-refractivity contribution in [2.24, 2.45) is 0 Å². The monoisotopic (exact) mass is 344 g/mol. The molecule has 0 atom stereocenters. The highest BCUT2D eigenvalue weighted by Crippen LogP contribution is 2.43. The molecule has 5 nitrogen and oxygen atoms in total. The SMILES string of the molecule is Cc1cc(C(=O)N2CCC3(CC2)OCCc2sccc23)cc(=O)[nH]1. The van der Waals surface area contributed by atoms with Crippen molar-refractivity contribution >= 4 is 17.2 Å². The Kier molecular flexibility index (Phi) is 3.81. The lowest BCUT2D eigenvalue weighted by atomic mass is 9.82. The Labute approximate surface area is 144 Å². The Bertz CT molecular complexity index is 831. The number of aromatic amines is 1. The fourth-order valence-electron chi connectivity index (χ4n) is 3.83. The van der Waals surface area contributed by atoms with Crippen LogP contribution >= 0.6 is 11.3 Å². The Balaban J connectivity index is 1.53. The van der Waals surface area contributed by atoms with E-state index in [2.05, 4.69) is 16.4 Å². The third kappa shape index (κ3) is 2.59. The maximum Gasteiger partial charge on any atom is 0.254 e. The molecule has 6 heteroatoms. The Morgan fingerprint density at radius 2 is 2.12 bits per heavy atom. The average molecular weight is 344 g/mol. The van der Waals surface area contributed by atoms with Crippen LogP contribution in [0.5, 0.6) is 0 Å². The van der Waals surface area contributed by atoms with Gasteiger partial charge in [-0.05, 0) is 42.8 Å². The molecule has 1 spiro atoms. The first kappa shape index (κ1) is 15.6. The molecule has 0 saturated carbocycles. The summed E-state index contributed by atoms with van der Waals surface area (Å²) in [6, 6.07) is 5.30. The maximum atomic E-state index is 12.7. The number of carbonyl (C=O) groups is 1. The number of carbonyl (C=O) groups excluding carboxylic acids is 1. The number of hydrogen-bond acceptors (Lipinski definition) is 4. The Morgan fingerprint density at radius 1 is 1.33 bits per heavy atom. The van der Waals surface area contributed by atoms with E-state index in [1.165, 1.54) is 16.5 Å². The molecule has 1 fully saturated rings. The number of rotatable bonds is 1. The number of piperidine rings is 1. The van der Waals surface area contributed by atoms with Gasteiger partial charge in [-0.25, -0.2) is 0 Å². The molecule has 24 heavy (non-hydrogen) atoms. The lowest BCUT2D eigenvalue weighted by molar-refractivity contribution is -0.0926. The van der Waals surface area contributed by atoms with Crippen molar-refractivity contribution in [1.82, 2.24) is 9.88 Å². The Morgan fingerprint density at radius 3 is 2.88 bits per heavy atom. The molecular formula is C18H20N2O3S.